The summed E-state index contributed by atoms with van der Waals surface area (Å²) in [7, 11) is 0. The number of aliphatic hydroxyl groups is 1. The van der Waals surface area contributed by atoms with Crippen molar-refractivity contribution in [1.82, 2.24) is 19.9 Å². The Labute approximate surface area is 174 Å². The summed E-state index contributed by atoms with van der Waals surface area (Å²) in [6.07, 6.45) is 5.88. The molecule has 0 amide bonds. The Morgan fingerprint density at radius 1 is 1.13 bits per heavy atom. The van der Waals surface area contributed by atoms with Gasteiger partial charge in [-0.3, -0.25) is 0 Å². The van der Waals surface area contributed by atoms with E-state index in [1.807, 2.05) is 42.6 Å². The van der Waals surface area contributed by atoms with Gasteiger partial charge in [-0.2, -0.15) is 0 Å². The molecule has 7 nitrogen and oxygen atoms in total. The fraction of sp³-hybridized carbons (Fsp3) is 0.348. The zero-order valence-electron chi connectivity index (χ0n) is 16.9. The monoisotopic (exact) mass is 403 g/mol. The lowest BCUT2D eigenvalue weighted by atomic mass is 9.95. The number of aromatic nitrogens is 4. The Balaban J connectivity index is 1.41. The van der Waals surface area contributed by atoms with Crippen LogP contribution in [-0.2, 0) is 6.42 Å². The number of para-hydroxylation sites is 1. The van der Waals surface area contributed by atoms with E-state index in [0.717, 1.165) is 71.3 Å². The third kappa shape index (κ3) is 3.80. The van der Waals surface area contributed by atoms with Gasteiger partial charge < -0.3 is 20.1 Å². The van der Waals surface area contributed by atoms with Crippen molar-refractivity contribution < 1.29 is 9.84 Å². The number of H-pyrrole nitrogens is 1. The molecule has 2 heterocycles. The lowest BCUT2D eigenvalue weighted by molar-refractivity contribution is 0.0672. The van der Waals surface area contributed by atoms with Crippen LogP contribution < -0.4 is 10.1 Å². The second-order valence-corrected chi connectivity index (χ2v) is 7.83. The van der Waals surface area contributed by atoms with Crippen LogP contribution in [0.15, 0.2) is 42.6 Å². The summed E-state index contributed by atoms with van der Waals surface area (Å²) in [6, 6.07) is 11.9. The van der Waals surface area contributed by atoms with Crippen LogP contribution in [0.2, 0.25) is 0 Å². The Morgan fingerprint density at radius 3 is 2.83 bits per heavy atom. The zero-order chi connectivity index (χ0) is 20.5. The molecule has 0 bridgehead atoms. The number of imidazole rings is 1. The molecule has 5 rings (SSSR count). The van der Waals surface area contributed by atoms with Gasteiger partial charge in [0.2, 0.25) is 5.95 Å². The topological polar surface area (TPSA) is 96.0 Å². The number of aryl methyl sites for hydroxylation is 1. The largest absolute Gasteiger partial charge is 0.488 e. The fourth-order valence-corrected chi connectivity index (χ4v) is 3.96. The number of nitrogens with one attached hydrogen (secondary N) is 2. The van der Waals surface area contributed by atoms with Crippen molar-refractivity contribution in [3.8, 4) is 5.75 Å². The van der Waals surface area contributed by atoms with Gasteiger partial charge in [0.1, 0.15) is 17.1 Å². The van der Waals surface area contributed by atoms with Gasteiger partial charge in [0.15, 0.2) is 0 Å². The Morgan fingerprint density at radius 2 is 2.00 bits per heavy atom. The molecule has 4 aromatic rings. The summed E-state index contributed by atoms with van der Waals surface area (Å²) in [6.45, 7) is 2.08. The molecule has 3 N–H and O–H groups in total. The van der Waals surface area contributed by atoms with Gasteiger partial charge in [-0.1, -0.05) is 19.1 Å². The first-order chi connectivity index (χ1) is 14.7. The van der Waals surface area contributed by atoms with E-state index in [2.05, 4.69) is 27.2 Å². The van der Waals surface area contributed by atoms with Crippen molar-refractivity contribution >= 4 is 33.6 Å². The lowest BCUT2D eigenvalue weighted by Crippen LogP contribution is -2.26. The smallest absolute Gasteiger partial charge is 0.227 e. The molecule has 0 saturated heterocycles. The molecule has 30 heavy (non-hydrogen) atoms. The molecule has 7 heteroatoms. The third-order valence-corrected chi connectivity index (χ3v) is 5.63. The van der Waals surface area contributed by atoms with Crippen LogP contribution in [0.3, 0.4) is 0 Å². The second-order valence-electron chi connectivity index (χ2n) is 7.83. The van der Waals surface area contributed by atoms with Gasteiger partial charge >= 0.3 is 0 Å². The minimum absolute atomic E-state index is 0.112. The molecule has 0 atom stereocenters. The minimum atomic E-state index is -0.198. The van der Waals surface area contributed by atoms with Gasteiger partial charge in [-0.05, 0) is 49.9 Å². The van der Waals surface area contributed by atoms with Gasteiger partial charge in [-0.25, -0.2) is 15.0 Å². The molecular weight excluding hydrogens is 378 g/mol. The Hall–Kier alpha value is -3.19. The van der Waals surface area contributed by atoms with Gasteiger partial charge in [-0.15, -0.1) is 0 Å². The minimum Gasteiger partial charge on any atom is -0.488 e. The van der Waals surface area contributed by atoms with Crippen LogP contribution in [0.1, 0.15) is 38.4 Å². The third-order valence-electron chi connectivity index (χ3n) is 5.63. The maximum atomic E-state index is 9.73. The highest BCUT2D eigenvalue weighted by molar-refractivity contribution is 5.85. The number of hydrogen-bond donors (Lipinski definition) is 3. The molecule has 0 aliphatic heterocycles. The average Bonchev–Trinajstić information content (AvgIpc) is 3.18. The molecule has 2 aromatic carbocycles. The molecule has 154 valence electrons. The average molecular weight is 403 g/mol. The first kappa shape index (κ1) is 18.8. The van der Waals surface area contributed by atoms with E-state index in [1.165, 1.54) is 0 Å². The number of aromatic amines is 1. The van der Waals surface area contributed by atoms with E-state index < -0.39 is 0 Å². The SMILES string of the molecule is CCc1nc2ccc(Nc3ncc4cccc(O[C@H]5CC[C@@H](O)CC5)c4n3)cc2[nH]1. The first-order valence-corrected chi connectivity index (χ1v) is 10.5. The van der Waals surface area contributed by atoms with E-state index in [9.17, 15) is 5.11 Å². The van der Waals surface area contributed by atoms with Crippen LogP contribution in [0, 0.1) is 0 Å². The van der Waals surface area contributed by atoms with Crippen molar-refractivity contribution in [2.45, 2.75) is 51.2 Å². The summed E-state index contributed by atoms with van der Waals surface area (Å²) in [5, 5.41) is 14.0. The summed E-state index contributed by atoms with van der Waals surface area (Å²) in [5.41, 5.74) is 3.62. The van der Waals surface area contributed by atoms with Crippen LogP contribution in [0.4, 0.5) is 11.6 Å². The molecule has 0 spiro atoms. The van der Waals surface area contributed by atoms with E-state index >= 15 is 0 Å². The molecule has 2 aromatic heterocycles. The normalized spacial score (nSPS) is 19.3. The number of anilines is 2. The Bertz CT molecular complexity index is 1180. The quantitative estimate of drug-likeness (QED) is 0.454. The number of rotatable bonds is 5. The highest BCUT2D eigenvalue weighted by Crippen LogP contribution is 2.29. The maximum absolute atomic E-state index is 9.73. The molecule has 0 unspecified atom stereocenters. The number of nitrogens with zero attached hydrogens (tertiary/aromatic N) is 3. The predicted molar refractivity (Wildman–Crippen MR) is 117 cm³/mol. The highest BCUT2D eigenvalue weighted by Gasteiger charge is 2.21. The van der Waals surface area contributed by atoms with Gasteiger partial charge in [0, 0.05) is 23.7 Å². The molecule has 0 radical (unpaired) electrons. The van der Waals surface area contributed by atoms with Crippen LogP contribution in [0.25, 0.3) is 21.9 Å². The van der Waals surface area contributed by atoms with E-state index in [-0.39, 0.29) is 12.2 Å². The summed E-state index contributed by atoms with van der Waals surface area (Å²) >= 11 is 0. The van der Waals surface area contributed by atoms with Crippen LogP contribution in [0.5, 0.6) is 5.75 Å². The number of fused-ring (bicyclic) bond motifs is 2. The lowest BCUT2D eigenvalue weighted by Gasteiger charge is -2.26. The number of hydrogen-bond acceptors (Lipinski definition) is 6. The molecular formula is C23H25N5O2. The second kappa shape index (κ2) is 7.91. The Kier molecular flexibility index (Phi) is 4.96. The summed E-state index contributed by atoms with van der Waals surface area (Å²) in [5.74, 6) is 2.25. The summed E-state index contributed by atoms with van der Waals surface area (Å²) < 4.78 is 6.25. The fourth-order valence-electron chi connectivity index (χ4n) is 3.96. The summed E-state index contributed by atoms with van der Waals surface area (Å²) in [4.78, 5) is 17.1. The zero-order valence-corrected chi connectivity index (χ0v) is 16.9. The van der Waals surface area contributed by atoms with Gasteiger partial charge in [0.05, 0.1) is 23.2 Å². The predicted octanol–water partition coefficient (Wildman–Crippen LogP) is 4.49. The highest BCUT2D eigenvalue weighted by atomic mass is 16.5. The molecule has 1 fully saturated rings. The van der Waals surface area contributed by atoms with Crippen molar-refractivity contribution in [2.24, 2.45) is 0 Å². The van der Waals surface area contributed by atoms with E-state index in [0.29, 0.717) is 5.95 Å². The number of ether oxygens (including phenoxy) is 1. The van der Waals surface area contributed by atoms with Crippen molar-refractivity contribution in [3.63, 3.8) is 0 Å². The first-order valence-electron chi connectivity index (χ1n) is 10.5. The maximum Gasteiger partial charge on any atom is 0.227 e. The number of aliphatic hydroxyl groups excluding tert-OH is 1. The van der Waals surface area contributed by atoms with Crippen molar-refractivity contribution in [3.05, 3.63) is 48.4 Å². The van der Waals surface area contributed by atoms with Crippen LogP contribution >= 0.6 is 0 Å². The standard InChI is InChI=1S/C23H25N5O2/c1-2-21-26-18-11-6-15(12-19(18)27-21)25-23-24-13-14-4-3-5-20(22(14)28-23)30-17-9-7-16(29)8-10-17/h3-6,11-13,16-17,29H,2,7-10H2,1H3,(H,26,27)(H,24,25,28)/t16-,17+. The van der Waals surface area contributed by atoms with E-state index in [1.54, 1.807) is 0 Å². The van der Waals surface area contributed by atoms with Crippen LogP contribution in [-0.4, -0.2) is 37.3 Å². The molecule has 1 saturated carbocycles. The van der Waals surface area contributed by atoms with Crippen molar-refractivity contribution in [2.75, 3.05) is 5.32 Å². The van der Waals surface area contributed by atoms with E-state index in [4.69, 9.17) is 9.72 Å². The van der Waals surface area contributed by atoms with Gasteiger partial charge in [0.25, 0.3) is 0 Å². The van der Waals surface area contributed by atoms with Crippen molar-refractivity contribution in [1.29, 1.82) is 0 Å². The molecule has 1 aliphatic carbocycles. The molecule has 1 aliphatic rings. The number of benzene rings is 2.